The maximum atomic E-state index is 11.5. The molecule has 0 aliphatic heterocycles. The van der Waals surface area contributed by atoms with Gasteiger partial charge in [0.05, 0.1) is 0 Å². The number of carboxylic acids is 1. The smallest absolute Gasteiger partial charge is 0.320 e. The number of thioether (sulfide) groups is 1. The van der Waals surface area contributed by atoms with Crippen molar-refractivity contribution in [2.45, 2.75) is 41.7 Å². The van der Waals surface area contributed by atoms with E-state index in [-0.39, 0.29) is 0 Å². The highest BCUT2D eigenvalue weighted by molar-refractivity contribution is 8.01. The van der Waals surface area contributed by atoms with E-state index in [0.717, 1.165) is 37.0 Å². The van der Waals surface area contributed by atoms with E-state index in [2.05, 4.69) is 0 Å². The van der Waals surface area contributed by atoms with Crippen LogP contribution in [0.2, 0.25) is 5.02 Å². The normalized spacial score (nSPS) is 18.9. The van der Waals surface area contributed by atoms with Crippen LogP contribution in [0.15, 0.2) is 29.2 Å². The summed E-state index contributed by atoms with van der Waals surface area (Å²) in [4.78, 5) is 12.5. The van der Waals surface area contributed by atoms with Crippen LogP contribution in [0, 0.1) is 0 Å². The van der Waals surface area contributed by atoms with Crippen molar-refractivity contribution in [2.75, 3.05) is 0 Å². The van der Waals surface area contributed by atoms with Crippen molar-refractivity contribution < 1.29 is 9.90 Å². The summed E-state index contributed by atoms with van der Waals surface area (Å²) >= 11 is 7.38. The van der Waals surface area contributed by atoms with Crippen LogP contribution in [0.4, 0.5) is 0 Å². The molecule has 0 spiro atoms. The quantitative estimate of drug-likeness (QED) is 0.894. The van der Waals surface area contributed by atoms with Crippen LogP contribution >= 0.6 is 23.4 Å². The van der Waals surface area contributed by atoms with Crippen LogP contribution in [0.3, 0.4) is 0 Å². The molecule has 0 heterocycles. The van der Waals surface area contributed by atoms with Crippen LogP contribution in [0.25, 0.3) is 0 Å². The van der Waals surface area contributed by atoms with Gasteiger partial charge in [-0.3, -0.25) is 4.79 Å². The monoisotopic (exact) mass is 270 g/mol. The fourth-order valence-corrected chi connectivity index (χ4v) is 3.86. The van der Waals surface area contributed by atoms with E-state index in [0.29, 0.717) is 5.02 Å². The Hall–Kier alpha value is -0.670. The van der Waals surface area contributed by atoms with E-state index in [1.54, 1.807) is 6.07 Å². The Bertz CT molecular complexity index is 414. The molecule has 1 saturated carbocycles. The summed E-state index contributed by atoms with van der Waals surface area (Å²) in [6.45, 7) is 0. The average Bonchev–Trinajstić information content (AvgIpc) is 2.30. The third-order valence-electron chi connectivity index (χ3n) is 3.16. The second kappa shape index (κ2) is 5.32. The van der Waals surface area contributed by atoms with E-state index in [4.69, 9.17) is 11.6 Å². The molecule has 0 bridgehead atoms. The standard InChI is InChI=1S/C13H15ClO2S/c14-10-5-4-6-11(9-10)17-13(12(15)16)7-2-1-3-8-13/h4-6,9H,1-3,7-8H2,(H,15,16). The number of rotatable bonds is 3. The molecule has 4 heteroatoms. The van der Waals surface area contributed by atoms with Crippen LogP contribution in [0.5, 0.6) is 0 Å². The van der Waals surface area contributed by atoms with Gasteiger partial charge in [0.2, 0.25) is 0 Å². The number of hydrogen-bond acceptors (Lipinski definition) is 2. The number of carboxylic acid groups (broad SMARTS) is 1. The minimum Gasteiger partial charge on any atom is -0.480 e. The first-order valence-corrected chi connectivity index (χ1v) is 7.00. The zero-order valence-electron chi connectivity index (χ0n) is 9.49. The first kappa shape index (κ1) is 12.8. The summed E-state index contributed by atoms with van der Waals surface area (Å²) < 4.78 is -0.650. The maximum Gasteiger partial charge on any atom is 0.320 e. The Kier molecular flexibility index (Phi) is 4.00. The molecule has 17 heavy (non-hydrogen) atoms. The SMILES string of the molecule is O=C(O)C1(Sc2cccc(Cl)c2)CCCCC1. The van der Waals surface area contributed by atoms with Gasteiger partial charge >= 0.3 is 5.97 Å². The molecule has 1 N–H and O–H groups in total. The molecule has 0 radical (unpaired) electrons. The van der Waals surface area contributed by atoms with Gasteiger partial charge in [-0.15, -0.1) is 11.8 Å². The Labute approximate surface area is 110 Å². The third-order valence-corrected chi connectivity index (χ3v) is 4.86. The molecule has 2 rings (SSSR count). The van der Waals surface area contributed by atoms with Gasteiger partial charge in [0, 0.05) is 9.92 Å². The van der Waals surface area contributed by atoms with Crippen molar-refractivity contribution in [2.24, 2.45) is 0 Å². The molecule has 0 amide bonds. The number of halogens is 1. The predicted molar refractivity (Wildman–Crippen MR) is 70.8 cm³/mol. The van der Waals surface area contributed by atoms with Crippen LogP contribution in [-0.4, -0.2) is 15.8 Å². The topological polar surface area (TPSA) is 37.3 Å². The highest BCUT2D eigenvalue weighted by Gasteiger charge is 2.40. The van der Waals surface area contributed by atoms with E-state index in [9.17, 15) is 9.90 Å². The van der Waals surface area contributed by atoms with Crippen LogP contribution in [-0.2, 0) is 4.79 Å². The Morgan fingerprint density at radius 1 is 1.29 bits per heavy atom. The molecule has 1 aromatic carbocycles. The number of hydrogen-bond donors (Lipinski definition) is 1. The Balaban J connectivity index is 2.20. The van der Waals surface area contributed by atoms with E-state index in [1.165, 1.54) is 11.8 Å². The van der Waals surface area contributed by atoms with Gasteiger partial charge in [0.15, 0.2) is 0 Å². The summed E-state index contributed by atoms with van der Waals surface area (Å²) in [5.74, 6) is -0.692. The number of aliphatic carboxylic acids is 1. The molecule has 0 atom stereocenters. The van der Waals surface area contributed by atoms with Crippen molar-refractivity contribution in [1.82, 2.24) is 0 Å². The van der Waals surface area contributed by atoms with Gasteiger partial charge in [-0.2, -0.15) is 0 Å². The van der Waals surface area contributed by atoms with Gasteiger partial charge in [-0.1, -0.05) is 36.9 Å². The second-order valence-electron chi connectivity index (χ2n) is 4.42. The summed E-state index contributed by atoms with van der Waals surface area (Å²) in [6.07, 6.45) is 4.64. The summed E-state index contributed by atoms with van der Waals surface area (Å²) in [7, 11) is 0. The van der Waals surface area contributed by atoms with Crippen molar-refractivity contribution >= 4 is 29.3 Å². The lowest BCUT2D eigenvalue weighted by atomic mass is 9.88. The molecule has 2 nitrogen and oxygen atoms in total. The van der Waals surface area contributed by atoms with Crippen LogP contribution < -0.4 is 0 Å². The van der Waals surface area contributed by atoms with Crippen molar-refractivity contribution in [3.05, 3.63) is 29.3 Å². The van der Waals surface area contributed by atoms with Crippen molar-refractivity contribution in [3.8, 4) is 0 Å². The first-order chi connectivity index (χ1) is 8.12. The second-order valence-corrected chi connectivity index (χ2v) is 6.31. The zero-order chi connectivity index (χ0) is 12.3. The minimum atomic E-state index is -0.692. The molecular formula is C13H15ClO2S. The summed E-state index contributed by atoms with van der Waals surface area (Å²) in [6, 6.07) is 7.43. The van der Waals surface area contributed by atoms with Crippen molar-refractivity contribution in [1.29, 1.82) is 0 Å². The largest absolute Gasteiger partial charge is 0.480 e. The minimum absolute atomic E-state index is 0.650. The van der Waals surface area contributed by atoms with E-state index in [1.807, 2.05) is 18.2 Å². The molecule has 0 aromatic heterocycles. The number of carbonyl (C=O) groups is 1. The van der Waals surface area contributed by atoms with E-state index >= 15 is 0 Å². The molecule has 1 aliphatic carbocycles. The molecule has 92 valence electrons. The molecule has 1 aromatic rings. The fourth-order valence-electron chi connectivity index (χ4n) is 2.24. The molecule has 1 aliphatic rings. The first-order valence-electron chi connectivity index (χ1n) is 5.80. The maximum absolute atomic E-state index is 11.5. The molecule has 0 unspecified atom stereocenters. The molecule has 0 saturated heterocycles. The van der Waals surface area contributed by atoms with Gasteiger partial charge in [-0.25, -0.2) is 0 Å². The van der Waals surface area contributed by atoms with Crippen LogP contribution in [0.1, 0.15) is 32.1 Å². The summed E-state index contributed by atoms with van der Waals surface area (Å²) in [5, 5.41) is 10.1. The predicted octanol–water partition coefficient (Wildman–Crippen LogP) is 4.22. The summed E-state index contributed by atoms with van der Waals surface area (Å²) in [5.41, 5.74) is 0. The van der Waals surface area contributed by atoms with Crippen molar-refractivity contribution in [3.63, 3.8) is 0 Å². The molecule has 1 fully saturated rings. The lowest BCUT2D eigenvalue weighted by Gasteiger charge is -2.32. The number of benzene rings is 1. The van der Waals surface area contributed by atoms with Gasteiger partial charge in [-0.05, 0) is 31.0 Å². The molecular weight excluding hydrogens is 256 g/mol. The van der Waals surface area contributed by atoms with Gasteiger partial charge < -0.3 is 5.11 Å². The Morgan fingerprint density at radius 2 is 2.00 bits per heavy atom. The average molecular weight is 271 g/mol. The van der Waals surface area contributed by atoms with Gasteiger partial charge in [0.25, 0.3) is 0 Å². The Morgan fingerprint density at radius 3 is 2.59 bits per heavy atom. The lowest BCUT2D eigenvalue weighted by molar-refractivity contribution is -0.140. The highest BCUT2D eigenvalue weighted by Crippen LogP contribution is 2.44. The van der Waals surface area contributed by atoms with Gasteiger partial charge in [0.1, 0.15) is 4.75 Å². The zero-order valence-corrected chi connectivity index (χ0v) is 11.1. The lowest BCUT2D eigenvalue weighted by Crippen LogP contribution is -2.37. The highest BCUT2D eigenvalue weighted by atomic mass is 35.5. The van der Waals surface area contributed by atoms with E-state index < -0.39 is 10.7 Å². The third kappa shape index (κ3) is 2.96. The fraction of sp³-hybridized carbons (Fsp3) is 0.462.